The van der Waals surface area contributed by atoms with E-state index in [0.29, 0.717) is 0 Å². The van der Waals surface area contributed by atoms with E-state index in [0.717, 1.165) is 0 Å². The fourth-order valence-corrected chi connectivity index (χ4v) is 13.8. The number of hydrogen-bond acceptors (Lipinski definition) is 0. The second kappa shape index (κ2) is 14.3. The lowest BCUT2D eigenvalue weighted by molar-refractivity contribution is 0.659. The van der Waals surface area contributed by atoms with Crippen LogP contribution in [0, 0.1) is 6.92 Å². The smallest absolute Gasteiger partial charge is 0.0159 e. The summed E-state index contributed by atoms with van der Waals surface area (Å²) in [5, 5.41) is 2.58. The van der Waals surface area contributed by atoms with Crippen LogP contribution in [0.5, 0.6) is 0 Å². The van der Waals surface area contributed by atoms with Crippen molar-refractivity contribution < 1.29 is 0 Å². The topological polar surface area (TPSA) is 0 Å². The van der Waals surface area contributed by atoms with Gasteiger partial charge in [-0.25, -0.2) is 0 Å². The predicted molar refractivity (Wildman–Crippen MR) is 301 cm³/mol. The van der Waals surface area contributed by atoms with Gasteiger partial charge in [0.05, 0.1) is 0 Å². The third-order valence-corrected chi connectivity index (χ3v) is 18.0. The molecule has 0 fully saturated rings. The van der Waals surface area contributed by atoms with E-state index in [1.807, 2.05) is 0 Å². The second-order valence-electron chi connectivity index (χ2n) is 23.4. The average Bonchev–Trinajstić information content (AvgIpc) is 3.94. The fourth-order valence-electron chi connectivity index (χ4n) is 13.8. The number of rotatable bonds is 4. The molecule has 14 rings (SSSR count). The molecule has 0 saturated heterocycles. The van der Waals surface area contributed by atoms with Crippen LogP contribution in [0.2, 0.25) is 0 Å². The lowest BCUT2D eigenvalue weighted by Crippen LogP contribution is -2.16. The summed E-state index contributed by atoms with van der Waals surface area (Å²) >= 11 is 0. The van der Waals surface area contributed by atoms with Crippen molar-refractivity contribution >= 4 is 10.8 Å². The van der Waals surface area contributed by atoms with E-state index in [4.69, 9.17) is 0 Å². The van der Waals surface area contributed by atoms with Gasteiger partial charge in [-0.05, 0) is 205 Å². The van der Waals surface area contributed by atoms with Crippen molar-refractivity contribution in [1.82, 2.24) is 0 Å². The van der Waals surface area contributed by atoms with Crippen LogP contribution in [0.15, 0.2) is 188 Å². The van der Waals surface area contributed by atoms with Crippen molar-refractivity contribution in [3.05, 3.63) is 238 Å². The van der Waals surface area contributed by atoms with Crippen molar-refractivity contribution in [2.45, 2.75) is 84.0 Å². The van der Waals surface area contributed by atoms with Crippen LogP contribution >= 0.6 is 0 Å². The monoisotopic (exact) mass is 910 g/mol. The van der Waals surface area contributed by atoms with Gasteiger partial charge in [0.15, 0.2) is 0 Å². The molecule has 4 aliphatic carbocycles. The number of benzene rings is 10. The lowest BCUT2D eigenvalue weighted by atomic mass is 9.79. The molecule has 4 aliphatic rings. The number of hydrogen-bond donors (Lipinski definition) is 0. The van der Waals surface area contributed by atoms with Crippen LogP contribution in [-0.4, -0.2) is 0 Å². The van der Waals surface area contributed by atoms with Crippen molar-refractivity contribution in [2.24, 2.45) is 0 Å². The van der Waals surface area contributed by atoms with Crippen LogP contribution in [0.3, 0.4) is 0 Å². The zero-order valence-corrected chi connectivity index (χ0v) is 42.4. The third kappa shape index (κ3) is 5.86. The zero-order valence-electron chi connectivity index (χ0n) is 42.4. The molecule has 0 nitrogen and oxygen atoms in total. The summed E-state index contributed by atoms with van der Waals surface area (Å²) in [6.45, 7) is 21.5. The Kier molecular flexibility index (Phi) is 8.53. The van der Waals surface area contributed by atoms with Crippen molar-refractivity contribution in [2.75, 3.05) is 0 Å². The van der Waals surface area contributed by atoms with Gasteiger partial charge < -0.3 is 0 Å². The van der Waals surface area contributed by atoms with Crippen LogP contribution in [0.25, 0.3) is 99.8 Å². The fraction of sp³-hybridized carbons (Fsp3) is 0.183. The minimum atomic E-state index is -0.154. The van der Waals surface area contributed by atoms with Gasteiger partial charge in [-0.2, -0.15) is 0 Å². The molecular weight excluding hydrogens is 853 g/mol. The van der Waals surface area contributed by atoms with E-state index in [2.05, 4.69) is 250 Å². The molecular formula is C71H58. The Morgan fingerprint density at radius 1 is 0.211 bits per heavy atom. The molecule has 0 unspecified atom stereocenters. The molecule has 10 aromatic carbocycles. The molecule has 0 aliphatic heterocycles. The van der Waals surface area contributed by atoms with Crippen LogP contribution < -0.4 is 0 Å². The highest BCUT2D eigenvalue weighted by molar-refractivity contribution is 5.93. The molecule has 10 aromatic rings. The third-order valence-electron chi connectivity index (χ3n) is 18.0. The van der Waals surface area contributed by atoms with E-state index in [1.54, 1.807) is 0 Å². The average molecular weight is 911 g/mol. The Balaban J connectivity index is 0.754. The molecule has 0 bridgehead atoms. The van der Waals surface area contributed by atoms with Gasteiger partial charge in [0.25, 0.3) is 0 Å². The Bertz CT molecular complexity index is 3990. The van der Waals surface area contributed by atoms with Gasteiger partial charge >= 0.3 is 0 Å². The van der Waals surface area contributed by atoms with E-state index in [1.165, 1.54) is 150 Å². The Morgan fingerprint density at radius 2 is 0.465 bits per heavy atom. The largest absolute Gasteiger partial charge is 0.0619 e. The Morgan fingerprint density at radius 3 is 0.817 bits per heavy atom. The highest BCUT2D eigenvalue weighted by atomic mass is 14.4. The lowest BCUT2D eigenvalue weighted by Gasteiger charge is -2.24. The summed E-state index contributed by atoms with van der Waals surface area (Å²) in [6, 6.07) is 72.7. The molecule has 342 valence electrons. The molecule has 71 heavy (non-hydrogen) atoms. The van der Waals surface area contributed by atoms with Crippen LogP contribution in [0.4, 0.5) is 0 Å². The molecule has 0 saturated carbocycles. The first-order valence-electron chi connectivity index (χ1n) is 25.7. The molecule has 0 spiro atoms. The molecule has 0 radical (unpaired) electrons. The SMILES string of the molecule is Cc1cc2ccccc2cc1-c1ccc2c(c1)C(C)(C)c1cc(-c3ccc4c(c3)C(C)(C)c3cc(-c5ccc6c(c5)C(C)(C)c5cc(-c7ccc8c(c7)C(C)(C)c7ccccc7-8)ccc5-6)ccc3-4)ccc1-2. The summed E-state index contributed by atoms with van der Waals surface area (Å²) in [6.07, 6.45) is 0. The van der Waals surface area contributed by atoms with Gasteiger partial charge in [-0.15, -0.1) is 0 Å². The quantitative estimate of drug-likeness (QED) is 0.165. The van der Waals surface area contributed by atoms with Gasteiger partial charge in [-0.1, -0.05) is 195 Å². The first-order valence-corrected chi connectivity index (χ1v) is 25.7. The van der Waals surface area contributed by atoms with E-state index in [9.17, 15) is 0 Å². The first kappa shape index (κ1) is 42.3. The summed E-state index contributed by atoms with van der Waals surface area (Å²) in [5.41, 5.74) is 33.3. The molecule has 0 heteroatoms. The maximum Gasteiger partial charge on any atom is 0.0159 e. The van der Waals surface area contributed by atoms with Crippen molar-refractivity contribution in [3.8, 4) is 89.0 Å². The van der Waals surface area contributed by atoms with Crippen molar-refractivity contribution in [3.63, 3.8) is 0 Å². The summed E-state index contributed by atoms with van der Waals surface area (Å²) < 4.78 is 0. The predicted octanol–water partition coefficient (Wildman–Crippen LogP) is 19.0. The standard InChI is InChI=1S/C71H58/c1-41-32-42-14-10-11-15-43(42)33-59(41)50-24-31-58-57-30-23-49(39-66(57)71(8,9)67(58)40-50)48-22-29-56-55-28-21-47(37-64(55)70(6,7)65(56)38-48)46-20-27-54-53-26-19-45(35-62(53)69(4,5)63(54)36-46)44-18-25-52-51-16-12-13-17-60(51)68(2,3)61(52)34-44/h10-40H,1-9H3. The number of aryl methyl sites for hydroxylation is 1. The molecule has 0 N–H and O–H groups in total. The molecule has 0 heterocycles. The van der Waals surface area contributed by atoms with Crippen molar-refractivity contribution in [1.29, 1.82) is 0 Å². The van der Waals surface area contributed by atoms with E-state index in [-0.39, 0.29) is 21.7 Å². The Hall–Kier alpha value is -7.54. The van der Waals surface area contributed by atoms with E-state index >= 15 is 0 Å². The van der Waals surface area contributed by atoms with Gasteiger partial charge in [0, 0.05) is 21.7 Å². The summed E-state index contributed by atoms with van der Waals surface area (Å²) in [7, 11) is 0. The van der Waals surface area contributed by atoms with Crippen LogP contribution in [-0.2, 0) is 21.7 Å². The summed E-state index contributed by atoms with van der Waals surface area (Å²) in [4.78, 5) is 0. The highest BCUT2D eigenvalue weighted by Crippen LogP contribution is 2.56. The van der Waals surface area contributed by atoms with E-state index < -0.39 is 0 Å². The summed E-state index contributed by atoms with van der Waals surface area (Å²) in [5.74, 6) is 0. The van der Waals surface area contributed by atoms with Gasteiger partial charge in [0.2, 0.25) is 0 Å². The normalized spacial score (nSPS) is 16.1. The Labute approximate surface area is 419 Å². The highest BCUT2D eigenvalue weighted by Gasteiger charge is 2.40. The second-order valence-corrected chi connectivity index (χ2v) is 23.4. The minimum Gasteiger partial charge on any atom is -0.0619 e. The molecule has 0 atom stereocenters. The zero-order chi connectivity index (χ0) is 48.5. The van der Waals surface area contributed by atoms with Crippen LogP contribution in [0.1, 0.15) is 105 Å². The first-order chi connectivity index (χ1) is 34.1. The number of fused-ring (bicyclic) bond motifs is 13. The maximum absolute atomic E-state index is 2.49. The minimum absolute atomic E-state index is 0.0246. The van der Waals surface area contributed by atoms with Gasteiger partial charge in [0.1, 0.15) is 0 Å². The molecule has 0 aromatic heterocycles. The van der Waals surface area contributed by atoms with Gasteiger partial charge in [-0.3, -0.25) is 0 Å². The molecule has 0 amide bonds. The maximum atomic E-state index is 2.49.